The second-order valence-electron chi connectivity index (χ2n) is 8.03. The van der Waals surface area contributed by atoms with Crippen molar-refractivity contribution in [1.29, 1.82) is 0 Å². The average molecular weight is 391 g/mol. The van der Waals surface area contributed by atoms with Gasteiger partial charge in [0, 0.05) is 30.1 Å². The average Bonchev–Trinajstić information content (AvgIpc) is 3.28. The zero-order valence-corrected chi connectivity index (χ0v) is 16.2. The summed E-state index contributed by atoms with van der Waals surface area (Å²) in [5, 5.41) is 3.92. The monoisotopic (exact) mass is 391 g/mol. The second-order valence-corrected chi connectivity index (χ2v) is 8.03. The summed E-state index contributed by atoms with van der Waals surface area (Å²) in [5.41, 5.74) is 2.69. The Morgan fingerprint density at radius 1 is 1.03 bits per heavy atom. The summed E-state index contributed by atoms with van der Waals surface area (Å²) in [7, 11) is 0. The summed E-state index contributed by atoms with van der Waals surface area (Å²) < 4.78 is 18.3. The number of hydrogen-bond acceptors (Lipinski definition) is 4. The highest BCUT2D eigenvalue weighted by Gasteiger charge is 2.43. The number of aryl methyl sites for hydroxylation is 1. The topological polar surface area (TPSA) is 59.2 Å². The van der Waals surface area contributed by atoms with Gasteiger partial charge in [0.1, 0.15) is 5.82 Å². The van der Waals surface area contributed by atoms with E-state index in [1.165, 1.54) is 17.7 Å². The van der Waals surface area contributed by atoms with E-state index in [9.17, 15) is 9.18 Å². The van der Waals surface area contributed by atoms with E-state index in [4.69, 9.17) is 4.52 Å². The maximum atomic E-state index is 13.2. The zero-order chi connectivity index (χ0) is 20.0. The zero-order valence-electron chi connectivity index (χ0n) is 16.2. The van der Waals surface area contributed by atoms with E-state index in [0.29, 0.717) is 23.2 Å². The number of fused-ring (bicyclic) bond motifs is 2. The van der Waals surface area contributed by atoms with Crippen LogP contribution in [0.1, 0.15) is 53.4 Å². The lowest BCUT2D eigenvalue weighted by Crippen LogP contribution is -2.46. The van der Waals surface area contributed by atoms with Crippen molar-refractivity contribution in [1.82, 2.24) is 15.0 Å². The van der Waals surface area contributed by atoms with Gasteiger partial charge in [0.25, 0.3) is 5.91 Å². The quantitative estimate of drug-likeness (QED) is 0.647. The van der Waals surface area contributed by atoms with Gasteiger partial charge in [0.05, 0.1) is 0 Å². The molecule has 2 aromatic carbocycles. The fourth-order valence-corrected chi connectivity index (χ4v) is 4.84. The van der Waals surface area contributed by atoms with Crippen LogP contribution in [0.25, 0.3) is 11.4 Å². The second kappa shape index (κ2) is 7.10. The van der Waals surface area contributed by atoms with Gasteiger partial charge >= 0.3 is 0 Å². The van der Waals surface area contributed by atoms with Crippen molar-refractivity contribution in [3.05, 3.63) is 71.4 Å². The van der Waals surface area contributed by atoms with E-state index in [0.717, 1.165) is 31.2 Å². The molecular weight excluding hydrogens is 369 g/mol. The number of carbonyl (C=O) groups is 1. The maximum absolute atomic E-state index is 13.2. The van der Waals surface area contributed by atoms with Crippen LogP contribution >= 0.6 is 0 Å². The highest BCUT2D eigenvalue weighted by atomic mass is 19.1. The summed E-state index contributed by atoms with van der Waals surface area (Å²) in [5.74, 6) is 1.32. The van der Waals surface area contributed by atoms with Gasteiger partial charge < -0.3 is 9.42 Å². The predicted molar refractivity (Wildman–Crippen MR) is 106 cm³/mol. The van der Waals surface area contributed by atoms with Gasteiger partial charge in [0.2, 0.25) is 11.7 Å². The third-order valence-electron chi connectivity index (χ3n) is 6.23. The van der Waals surface area contributed by atoms with Crippen molar-refractivity contribution in [2.24, 2.45) is 0 Å². The van der Waals surface area contributed by atoms with E-state index >= 15 is 0 Å². The molecular formula is C23H22FN3O2. The molecule has 1 unspecified atom stereocenters. The minimum absolute atomic E-state index is 0.0888. The number of nitrogens with zero attached hydrogens (tertiary/aromatic N) is 3. The molecule has 5 nitrogen and oxygen atoms in total. The summed E-state index contributed by atoms with van der Waals surface area (Å²) in [6.07, 6.45) is 3.95. The Morgan fingerprint density at radius 3 is 2.28 bits per heavy atom. The van der Waals surface area contributed by atoms with E-state index in [1.54, 1.807) is 6.92 Å². The first kappa shape index (κ1) is 18.0. The number of hydrogen-bond donors (Lipinski definition) is 0. The molecule has 1 aromatic heterocycles. The van der Waals surface area contributed by atoms with Crippen molar-refractivity contribution in [2.75, 3.05) is 0 Å². The van der Waals surface area contributed by atoms with Gasteiger partial charge in [0.15, 0.2) is 0 Å². The molecule has 2 fully saturated rings. The lowest BCUT2D eigenvalue weighted by atomic mass is 9.85. The van der Waals surface area contributed by atoms with Crippen molar-refractivity contribution < 1.29 is 13.7 Å². The van der Waals surface area contributed by atoms with Crippen molar-refractivity contribution >= 4 is 5.91 Å². The fraction of sp³-hybridized carbons (Fsp3) is 0.348. The van der Waals surface area contributed by atoms with Crippen molar-refractivity contribution in [3.63, 3.8) is 0 Å². The van der Waals surface area contributed by atoms with E-state index in [-0.39, 0.29) is 23.8 Å². The summed E-state index contributed by atoms with van der Waals surface area (Å²) in [6.45, 7) is 1.75. The van der Waals surface area contributed by atoms with Gasteiger partial charge in [-0.05, 0) is 61.4 Å². The van der Waals surface area contributed by atoms with E-state index in [2.05, 4.69) is 15.0 Å². The largest absolute Gasteiger partial charge is 0.339 e. The number of aromatic nitrogens is 2. The Labute approximate surface area is 168 Å². The van der Waals surface area contributed by atoms with Crippen LogP contribution in [0, 0.1) is 12.7 Å². The minimum Gasteiger partial charge on any atom is -0.339 e. The van der Waals surface area contributed by atoms with Crippen LogP contribution in [-0.2, 0) is 0 Å². The van der Waals surface area contributed by atoms with Gasteiger partial charge in [-0.1, -0.05) is 29.4 Å². The molecule has 2 aliphatic heterocycles. The van der Waals surface area contributed by atoms with Crippen molar-refractivity contribution in [2.45, 2.75) is 50.6 Å². The molecule has 148 valence electrons. The van der Waals surface area contributed by atoms with Crippen LogP contribution < -0.4 is 0 Å². The van der Waals surface area contributed by atoms with Crippen molar-refractivity contribution in [3.8, 4) is 11.4 Å². The lowest BCUT2D eigenvalue weighted by molar-refractivity contribution is 0.0571. The molecule has 6 heteroatoms. The highest BCUT2D eigenvalue weighted by molar-refractivity contribution is 5.95. The number of piperidine rings is 1. The van der Waals surface area contributed by atoms with Gasteiger partial charge in [-0.2, -0.15) is 4.98 Å². The van der Waals surface area contributed by atoms with E-state index < -0.39 is 0 Å². The molecule has 0 spiro atoms. The van der Waals surface area contributed by atoms with Crippen LogP contribution in [-0.4, -0.2) is 33.0 Å². The SMILES string of the molecule is Cc1nc(-c2ccc(C(=O)N3[C@@H]4CC[C@H]3CC(c3ccc(F)cc3)C4)cc2)no1. The first-order valence-corrected chi connectivity index (χ1v) is 10.1. The predicted octanol–water partition coefficient (Wildman–Crippen LogP) is 4.73. The lowest BCUT2D eigenvalue weighted by Gasteiger charge is -2.39. The Balaban J connectivity index is 1.32. The molecule has 0 radical (unpaired) electrons. The van der Waals surface area contributed by atoms with Crippen LogP contribution in [0.4, 0.5) is 4.39 Å². The first-order chi connectivity index (χ1) is 14.1. The molecule has 2 saturated heterocycles. The standard InChI is InChI=1S/C23H22FN3O2/c1-14-25-22(26-29-14)16-2-4-17(5-3-16)23(28)27-20-10-11-21(27)13-18(12-20)15-6-8-19(24)9-7-15/h2-9,18,20-21H,10-13H2,1H3/t18?,20-,21+. The molecule has 3 aromatic rings. The maximum Gasteiger partial charge on any atom is 0.254 e. The van der Waals surface area contributed by atoms with Gasteiger partial charge in [-0.25, -0.2) is 4.39 Å². The van der Waals surface area contributed by atoms with Crippen LogP contribution in [0.2, 0.25) is 0 Å². The molecule has 5 rings (SSSR count). The Bertz CT molecular complexity index is 1020. The first-order valence-electron chi connectivity index (χ1n) is 10.1. The summed E-state index contributed by atoms with van der Waals surface area (Å²) >= 11 is 0. The third-order valence-corrected chi connectivity index (χ3v) is 6.23. The summed E-state index contributed by atoms with van der Waals surface area (Å²) in [6, 6.07) is 14.7. The molecule has 2 aliphatic rings. The van der Waals surface area contributed by atoms with Gasteiger partial charge in [-0.15, -0.1) is 0 Å². The molecule has 29 heavy (non-hydrogen) atoms. The number of benzene rings is 2. The van der Waals surface area contributed by atoms with Gasteiger partial charge in [-0.3, -0.25) is 4.79 Å². The molecule has 1 amide bonds. The minimum atomic E-state index is -0.205. The summed E-state index contributed by atoms with van der Waals surface area (Å²) in [4.78, 5) is 19.5. The molecule has 0 aliphatic carbocycles. The normalized spacial score (nSPS) is 23.4. The fourth-order valence-electron chi connectivity index (χ4n) is 4.84. The molecule has 2 bridgehead atoms. The molecule has 0 saturated carbocycles. The smallest absolute Gasteiger partial charge is 0.254 e. The Kier molecular flexibility index (Phi) is 4.42. The van der Waals surface area contributed by atoms with E-state index in [1.807, 2.05) is 36.4 Å². The Hall–Kier alpha value is -3.02. The third kappa shape index (κ3) is 3.33. The number of carbonyl (C=O) groups excluding carboxylic acids is 1. The molecule has 3 heterocycles. The number of rotatable bonds is 3. The molecule has 0 N–H and O–H groups in total. The highest BCUT2D eigenvalue weighted by Crippen LogP contribution is 2.43. The van der Waals surface area contributed by atoms with Crippen LogP contribution in [0.5, 0.6) is 0 Å². The number of halogens is 1. The Morgan fingerprint density at radius 2 is 1.69 bits per heavy atom. The number of amides is 1. The molecule has 3 atom stereocenters. The van der Waals surface area contributed by atoms with Crippen LogP contribution in [0.3, 0.4) is 0 Å². The van der Waals surface area contributed by atoms with Crippen LogP contribution in [0.15, 0.2) is 53.1 Å².